The zero-order chi connectivity index (χ0) is 9.68. The molecule has 0 aliphatic heterocycles. The molecule has 0 heterocycles. The number of hydrogen-bond donors (Lipinski definition) is 1. The first-order valence-corrected chi connectivity index (χ1v) is 4.44. The maximum Gasteiger partial charge on any atom is 0.150 e. The zero-order valence-electron chi connectivity index (χ0n) is 7.73. The van der Waals surface area contributed by atoms with E-state index in [9.17, 15) is 4.79 Å². The Balaban J connectivity index is 2.81. The van der Waals surface area contributed by atoms with Crippen molar-refractivity contribution in [1.29, 1.82) is 0 Å². The summed E-state index contributed by atoms with van der Waals surface area (Å²) in [5.41, 5.74) is 1.81. The Hall–Kier alpha value is -1.15. The van der Waals surface area contributed by atoms with Crippen molar-refractivity contribution in [3.63, 3.8) is 0 Å². The van der Waals surface area contributed by atoms with Crippen molar-refractivity contribution < 1.29 is 9.90 Å². The van der Waals surface area contributed by atoms with E-state index in [0.717, 1.165) is 18.3 Å². The lowest BCUT2D eigenvalue weighted by atomic mass is 9.97. The fourth-order valence-corrected chi connectivity index (χ4v) is 1.30. The average molecular weight is 178 g/mol. The number of aldehydes is 1. The van der Waals surface area contributed by atoms with E-state index in [2.05, 4.69) is 0 Å². The molecule has 0 aromatic heterocycles. The molecule has 0 amide bonds. The molecule has 0 spiro atoms. The minimum Gasteiger partial charge on any atom is -0.396 e. The van der Waals surface area contributed by atoms with Crippen molar-refractivity contribution >= 4 is 6.29 Å². The van der Waals surface area contributed by atoms with Crippen molar-refractivity contribution in [3.8, 4) is 0 Å². The van der Waals surface area contributed by atoms with E-state index >= 15 is 0 Å². The van der Waals surface area contributed by atoms with E-state index in [0.29, 0.717) is 11.5 Å². The van der Waals surface area contributed by atoms with Gasteiger partial charge in [0.2, 0.25) is 0 Å². The second-order valence-corrected chi connectivity index (χ2v) is 3.20. The first kappa shape index (κ1) is 9.93. The molecule has 1 N–H and O–H groups in total. The van der Waals surface area contributed by atoms with Crippen LogP contribution >= 0.6 is 0 Å². The molecule has 0 aliphatic rings. The summed E-state index contributed by atoms with van der Waals surface area (Å²) in [5, 5.41) is 8.75. The van der Waals surface area contributed by atoms with E-state index < -0.39 is 0 Å². The van der Waals surface area contributed by atoms with Gasteiger partial charge in [-0.1, -0.05) is 25.1 Å². The van der Waals surface area contributed by atoms with Gasteiger partial charge in [0.1, 0.15) is 6.29 Å². The lowest BCUT2D eigenvalue weighted by Gasteiger charge is -2.09. The summed E-state index contributed by atoms with van der Waals surface area (Å²) in [6.45, 7) is 2.23. The number of benzene rings is 1. The summed E-state index contributed by atoms with van der Waals surface area (Å²) in [6.07, 6.45) is 1.58. The molecule has 1 aromatic carbocycles. The summed E-state index contributed by atoms with van der Waals surface area (Å²) in [6, 6.07) is 7.50. The summed E-state index contributed by atoms with van der Waals surface area (Å²) < 4.78 is 0. The van der Waals surface area contributed by atoms with Crippen LogP contribution in [0.3, 0.4) is 0 Å². The van der Waals surface area contributed by atoms with Gasteiger partial charge in [0, 0.05) is 12.2 Å². The lowest BCUT2D eigenvalue weighted by molar-refractivity contribution is 0.112. The standard InChI is InChI=1S/C11H14O2/c1-9(5-6-12)11-4-2-3-10(7-11)8-13/h2-4,7-9,12H,5-6H2,1H3. The SMILES string of the molecule is CC(CCO)c1cccc(C=O)c1. The molecule has 13 heavy (non-hydrogen) atoms. The predicted octanol–water partition coefficient (Wildman–Crippen LogP) is 1.98. The van der Waals surface area contributed by atoms with Crippen LogP contribution in [-0.4, -0.2) is 18.0 Å². The fraction of sp³-hybridized carbons (Fsp3) is 0.364. The van der Waals surface area contributed by atoms with E-state index in [4.69, 9.17) is 5.11 Å². The molecule has 2 heteroatoms. The smallest absolute Gasteiger partial charge is 0.150 e. The minimum atomic E-state index is 0.187. The largest absolute Gasteiger partial charge is 0.396 e. The summed E-state index contributed by atoms with van der Waals surface area (Å²) in [7, 11) is 0. The number of carbonyl (C=O) groups is 1. The minimum absolute atomic E-state index is 0.187. The second-order valence-electron chi connectivity index (χ2n) is 3.20. The van der Waals surface area contributed by atoms with Crippen LogP contribution in [0.1, 0.15) is 35.2 Å². The average Bonchev–Trinajstić information content (AvgIpc) is 2.18. The number of hydrogen-bond acceptors (Lipinski definition) is 2. The van der Waals surface area contributed by atoms with Gasteiger partial charge in [-0.25, -0.2) is 0 Å². The molecule has 1 aromatic rings. The molecular formula is C11H14O2. The molecular weight excluding hydrogens is 164 g/mol. The normalized spacial score (nSPS) is 12.5. The van der Waals surface area contributed by atoms with E-state index in [1.165, 1.54) is 0 Å². The van der Waals surface area contributed by atoms with Crippen LogP contribution in [0.25, 0.3) is 0 Å². The van der Waals surface area contributed by atoms with Crippen LogP contribution in [0.4, 0.5) is 0 Å². The summed E-state index contributed by atoms with van der Waals surface area (Å²) in [5.74, 6) is 0.310. The van der Waals surface area contributed by atoms with Crippen LogP contribution in [0.15, 0.2) is 24.3 Å². The third-order valence-corrected chi connectivity index (χ3v) is 2.18. The third-order valence-electron chi connectivity index (χ3n) is 2.18. The van der Waals surface area contributed by atoms with Gasteiger partial charge in [-0.05, 0) is 24.0 Å². The Morgan fingerprint density at radius 1 is 1.54 bits per heavy atom. The first-order chi connectivity index (χ1) is 6.27. The van der Waals surface area contributed by atoms with Gasteiger partial charge in [0.25, 0.3) is 0 Å². The maximum absolute atomic E-state index is 10.5. The Morgan fingerprint density at radius 2 is 2.31 bits per heavy atom. The highest BCUT2D eigenvalue weighted by Gasteiger charge is 2.04. The number of carbonyl (C=O) groups excluding carboxylic acids is 1. The van der Waals surface area contributed by atoms with Gasteiger partial charge >= 0.3 is 0 Å². The Labute approximate surface area is 78.2 Å². The van der Waals surface area contributed by atoms with Gasteiger partial charge in [-0.15, -0.1) is 0 Å². The molecule has 0 bridgehead atoms. The molecule has 70 valence electrons. The highest BCUT2D eigenvalue weighted by molar-refractivity contribution is 5.74. The van der Waals surface area contributed by atoms with Gasteiger partial charge in [-0.2, -0.15) is 0 Å². The highest BCUT2D eigenvalue weighted by atomic mass is 16.3. The molecule has 0 saturated carbocycles. The van der Waals surface area contributed by atoms with Gasteiger partial charge in [0.15, 0.2) is 0 Å². The molecule has 1 atom stereocenters. The topological polar surface area (TPSA) is 37.3 Å². The van der Waals surface area contributed by atoms with Crippen molar-refractivity contribution in [3.05, 3.63) is 35.4 Å². The molecule has 0 radical (unpaired) electrons. The van der Waals surface area contributed by atoms with Crippen LogP contribution < -0.4 is 0 Å². The van der Waals surface area contributed by atoms with Crippen molar-refractivity contribution in [1.82, 2.24) is 0 Å². The Bertz CT molecular complexity index is 281. The third kappa shape index (κ3) is 2.67. The summed E-state index contributed by atoms with van der Waals surface area (Å²) in [4.78, 5) is 10.5. The summed E-state index contributed by atoms with van der Waals surface area (Å²) >= 11 is 0. The number of aliphatic hydroxyl groups is 1. The molecule has 1 unspecified atom stereocenters. The van der Waals surface area contributed by atoms with Gasteiger partial charge in [0.05, 0.1) is 0 Å². The molecule has 0 saturated heterocycles. The van der Waals surface area contributed by atoms with Crippen LogP contribution in [-0.2, 0) is 0 Å². The lowest BCUT2D eigenvalue weighted by Crippen LogP contribution is -1.97. The van der Waals surface area contributed by atoms with Crippen LogP contribution in [0.2, 0.25) is 0 Å². The second kappa shape index (κ2) is 4.77. The maximum atomic E-state index is 10.5. The van der Waals surface area contributed by atoms with Gasteiger partial charge < -0.3 is 5.11 Å². The predicted molar refractivity (Wildman–Crippen MR) is 51.9 cm³/mol. The van der Waals surface area contributed by atoms with Gasteiger partial charge in [-0.3, -0.25) is 4.79 Å². The monoisotopic (exact) mass is 178 g/mol. The molecule has 0 fully saturated rings. The van der Waals surface area contributed by atoms with Crippen molar-refractivity contribution in [2.45, 2.75) is 19.3 Å². The molecule has 1 rings (SSSR count). The molecule has 0 aliphatic carbocycles. The van der Waals surface area contributed by atoms with E-state index in [-0.39, 0.29) is 6.61 Å². The molecule has 2 nitrogen and oxygen atoms in total. The fourth-order valence-electron chi connectivity index (χ4n) is 1.30. The highest BCUT2D eigenvalue weighted by Crippen LogP contribution is 2.18. The van der Waals surface area contributed by atoms with E-state index in [1.807, 2.05) is 25.1 Å². The van der Waals surface area contributed by atoms with Crippen LogP contribution in [0.5, 0.6) is 0 Å². The Kier molecular flexibility index (Phi) is 3.65. The van der Waals surface area contributed by atoms with Crippen molar-refractivity contribution in [2.75, 3.05) is 6.61 Å². The van der Waals surface area contributed by atoms with Crippen molar-refractivity contribution in [2.24, 2.45) is 0 Å². The van der Waals surface area contributed by atoms with E-state index in [1.54, 1.807) is 6.07 Å². The van der Waals surface area contributed by atoms with Crippen LogP contribution in [0, 0.1) is 0 Å². The number of rotatable bonds is 4. The first-order valence-electron chi connectivity index (χ1n) is 4.44. The zero-order valence-corrected chi connectivity index (χ0v) is 7.73. The quantitative estimate of drug-likeness (QED) is 0.716. The number of aliphatic hydroxyl groups excluding tert-OH is 1. The Morgan fingerprint density at radius 3 is 2.92 bits per heavy atom.